The van der Waals surface area contributed by atoms with Crippen LogP contribution in [0.3, 0.4) is 0 Å². The standard InChI is InChI=1S/C21H16BrClN2O2/c22-16-3-1-5-18(11-16)24-13-15-7-9-20(10-8-15)27-14-21(26)25-19-6-2-4-17(23)12-19/h1-13H,14H2,(H,25,26). The molecule has 0 spiro atoms. The molecule has 0 aliphatic rings. The van der Waals surface area contributed by atoms with Crippen molar-refractivity contribution in [2.45, 2.75) is 0 Å². The molecule has 136 valence electrons. The van der Waals surface area contributed by atoms with Crippen molar-refractivity contribution in [2.75, 3.05) is 11.9 Å². The minimum Gasteiger partial charge on any atom is -0.484 e. The van der Waals surface area contributed by atoms with Gasteiger partial charge in [-0.05, 0) is 66.2 Å². The van der Waals surface area contributed by atoms with E-state index in [1.165, 1.54) is 0 Å². The second-order valence-corrected chi connectivity index (χ2v) is 7.01. The number of hydrogen-bond donors (Lipinski definition) is 1. The number of halogens is 2. The lowest BCUT2D eigenvalue weighted by atomic mass is 10.2. The summed E-state index contributed by atoms with van der Waals surface area (Å²) >= 11 is 9.31. The molecule has 0 atom stereocenters. The van der Waals surface area contributed by atoms with E-state index in [-0.39, 0.29) is 12.5 Å². The van der Waals surface area contributed by atoms with Crippen LogP contribution in [-0.2, 0) is 4.79 Å². The van der Waals surface area contributed by atoms with Crippen molar-refractivity contribution < 1.29 is 9.53 Å². The van der Waals surface area contributed by atoms with Gasteiger partial charge in [0.2, 0.25) is 0 Å². The van der Waals surface area contributed by atoms with Gasteiger partial charge in [-0.15, -0.1) is 0 Å². The molecule has 0 aromatic heterocycles. The van der Waals surface area contributed by atoms with Gasteiger partial charge in [-0.2, -0.15) is 0 Å². The van der Waals surface area contributed by atoms with E-state index in [4.69, 9.17) is 16.3 Å². The largest absolute Gasteiger partial charge is 0.484 e. The second kappa shape index (κ2) is 9.35. The Bertz CT molecular complexity index is 958. The predicted octanol–water partition coefficient (Wildman–Crippen LogP) is 5.87. The number of hydrogen-bond acceptors (Lipinski definition) is 3. The Labute approximate surface area is 171 Å². The van der Waals surface area contributed by atoms with Crippen LogP contribution in [0.5, 0.6) is 5.75 Å². The Balaban J connectivity index is 1.52. The van der Waals surface area contributed by atoms with Gasteiger partial charge >= 0.3 is 0 Å². The van der Waals surface area contributed by atoms with Crippen LogP contribution in [0.1, 0.15) is 5.56 Å². The number of carbonyl (C=O) groups excluding carboxylic acids is 1. The Morgan fingerprint density at radius 1 is 1.07 bits per heavy atom. The third-order valence-corrected chi connectivity index (χ3v) is 4.26. The number of benzene rings is 3. The van der Waals surface area contributed by atoms with Crippen molar-refractivity contribution in [2.24, 2.45) is 4.99 Å². The Morgan fingerprint density at radius 3 is 2.59 bits per heavy atom. The van der Waals surface area contributed by atoms with E-state index in [2.05, 4.69) is 26.2 Å². The van der Waals surface area contributed by atoms with Gasteiger partial charge in [0.15, 0.2) is 6.61 Å². The van der Waals surface area contributed by atoms with E-state index in [9.17, 15) is 4.79 Å². The highest BCUT2D eigenvalue weighted by Crippen LogP contribution is 2.19. The maximum atomic E-state index is 11.9. The molecule has 0 saturated heterocycles. The number of aliphatic imine (C=N–C) groups is 1. The third-order valence-electron chi connectivity index (χ3n) is 3.53. The van der Waals surface area contributed by atoms with Crippen LogP contribution in [-0.4, -0.2) is 18.7 Å². The minimum atomic E-state index is -0.252. The van der Waals surface area contributed by atoms with E-state index in [1.54, 1.807) is 42.6 Å². The molecular weight excluding hydrogens is 428 g/mol. The molecule has 27 heavy (non-hydrogen) atoms. The lowest BCUT2D eigenvalue weighted by molar-refractivity contribution is -0.118. The number of amides is 1. The molecule has 1 amide bonds. The average Bonchev–Trinajstić information content (AvgIpc) is 2.66. The van der Waals surface area contributed by atoms with Crippen molar-refractivity contribution in [1.82, 2.24) is 0 Å². The third kappa shape index (κ3) is 6.24. The highest BCUT2D eigenvalue weighted by Gasteiger charge is 2.04. The summed E-state index contributed by atoms with van der Waals surface area (Å²) in [6.07, 6.45) is 1.78. The Hall–Kier alpha value is -2.63. The summed E-state index contributed by atoms with van der Waals surface area (Å²) < 4.78 is 6.49. The van der Waals surface area contributed by atoms with Gasteiger partial charge in [0.05, 0.1) is 5.69 Å². The lowest BCUT2D eigenvalue weighted by Crippen LogP contribution is -2.20. The molecule has 3 rings (SSSR count). The van der Waals surface area contributed by atoms with E-state index < -0.39 is 0 Å². The predicted molar refractivity (Wildman–Crippen MR) is 113 cm³/mol. The minimum absolute atomic E-state index is 0.0853. The van der Waals surface area contributed by atoms with Crippen LogP contribution in [0.15, 0.2) is 82.3 Å². The molecule has 0 bridgehead atoms. The number of nitrogens with zero attached hydrogens (tertiary/aromatic N) is 1. The zero-order valence-corrected chi connectivity index (χ0v) is 16.6. The van der Waals surface area contributed by atoms with Gasteiger partial charge in [-0.1, -0.05) is 39.7 Å². The summed E-state index contributed by atoms with van der Waals surface area (Å²) in [5.41, 5.74) is 2.43. The molecule has 4 nitrogen and oxygen atoms in total. The van der Waals surface area contributed by atoms with Crippen molar-refractivity contribution in [3.8, 4) is 5.75 Å². The summed E-state index contributed by atoms with van der Waals surface area (Å²) in [6, 6.07) is 22.1. The van der Waals surface area contributed by atoms with Crippen LogP contribution in [0.25, 0.3) is 0 Å². The normalized spacial score (nSPS) is 10.7. The number of anilines is 1. The van der Waals surface area contributed by atoms with Gasteiger partial charge in [0, 0.05) is 21.4 Å². The van der Waals surface area contributed by atoms with E-state index >= 15 is 0 Å². The molecule has 0 aliphatic carbocycles. The number of ether oxygens (including phenoxy) is 1. The quantitative estimate of drug-likeness (QED) is 0.484. The number of rotatable bonds is 6. The van der Waals surface area contributed by atoms with Crippen LogP contribution >= 0.6 is 27.5 Å². The van der Waals surface area contributed by atoms with Crippen molar-refractivity contribution in [3.63, 3.8) is 0 Å². The van der Waals surface area contributed by atoms with Gasteiger partial charge in [-0.3, -0.25) is 9.79 Å². The summed E-state index contributed by atoms with van der Waals surface area (Å²) in [5, 5.41) is 3.30. The van der Waals surface area contributed by atoms with Crippen LogP contribution in [0, 0.1) is 0 Å². The fourth-order valence-corrected chi connectivity index (χ4v) is 2.85. The summed E-state index contributed by atoms with van der Waals surface area (Å²) in [6.45, 7) is -0.0853. The summed E-state index contributed by atoms with van der Waals surface area (Å²) in [7, 11) is 0. The van der Waals surface area contributed by atoms with Gasteiger partial charge < -0.3 is 10.1 Å². The van der Waals surface area contributed by atoms with Crippen LogP contribution < -0.4 is 10.1 Å². The summed E-state index contributed by atoms with van der Waals surface area (Å²) in [5.74, 6) is 0.355. The first-order valence-electron chi connectivity index (χ1n) is 8.16. The van der Waals surface area contributed by atoms with Crippen LogP contribution in [0.4, 0.5) is 11.4 Å². The second-order valence-electron chi connectivity index (χ2n) is 5.65. The maximum absolute atomic E-state index is 11.9. The zero-order chi connectivity index (χ0) is 19.1. The highest BCUT2D eigenvalue weighted by molar-refractivity contribution is 9.10. The van der Waals surface area contributed by atoms with Gasteiger partial charge in [-0.25, -0.2) is 0 Å². The fraction of sp³-hybridized carbons (Fsp3) is 0.0476. The monoisotopic (exact) mass is 442 g/mol. The van der Waals surface area contributed by atoms with E-state index in [1.807, 2.05) is 36.4 Å². The smallest absolute Gasteiger partial charge is 0.262 e. The molecule has 3 aromatic rings. The van der Waals surface area contributed by atoms with Crippen LogP contribution in [0.2, 0.25) is 5.02 Å². The first-order valence-corrected chi connectivity index (χ1v) is 9.33. The topological polar surface area (TPSA) is 50.7 Å². The van der Waals surface area contributed by atoms with Crippen molar-refractivity contribution in [1.29, 1.82) is 0 Å². The highest BCUT2D eigenvalue weighted by atomic mass is 79.9. The van der Waals surface area contributed by atoms with Crippen molar-refractivity contribution >= 4 is 51.0 Å². The zero-order valence-electron chi connectivity index (χ0n) is 14.2. The Kier molecular flexibility index (Phi) is 6.63. The molecule has 0 radical (unpaired) electrons. The van der Waals surface area contributed by atoms with Crippen molar-refractivity contribution in [3.05, 3.63) is 87.9 Å². The maximum Gasteiger partial charge on any atom is 0.262 e. The molecule has 0 unspecified atom stereocenters. The van der Waals surface area contributed by atoms with E-state index in [0.717, 1.165) is 15.7 Å². The molecular formula is C21H16BrClN2O2. The number of nitrogens with one attached hydrogen (secondary N) is 1. The molecule has 6 heteroatoms. The van der Waals surface area contributed by atoms with Gasteiger partial charge in [0.1, 0.15) is 5.75 Å². The average molecular weight is 444 g/mol. The molecule has 0 aliphatic heterocycles. The first-order chi connectivity index (χ1) is 13.1. The Morgan fingerprint density at radius 2 is 1.85 bits per heavy atom. The van der Waals surface area contributed by atoms with E-state index in [0.29, 0.717) is 16.5 Å². The first kappa shape index (κ1) is 19.1. The molecule has 0 fully saturated rings. The molecule has 0 saturated carbocycles. The van der Waals surface area contributed by atoms with Gasteiger partial charge in [0.25, 0.3) is 5.91 Å². The summed E-state index contributed by atoms with van der Waals surface area (Å²) in [4.78, 5) is 16.4. The number of carbonyl (C=O) groups is 1. The fourth-order valence-electron chi connectivity index (χ4n) is 2.27. The molecule has 0 heterocycles. The SMILES string of the molecule is O=C(COc1ccc(C=Nc2cccc(Br)c2)cc1)Nc1cccc(Cl)c1. The molecule has 3 aromatic carbocycles. The lowest BCUT2D eigenvalue weighted by Gasteiger charge is -2.08. The molecule has 1 N–H and O–H groups in total.